The molecule has 0 spiro atoms. The fraction of sp³-hybridized carbons (Fsp3) is 0.320. The number of nitrogens with one attached hydrogen (secondary N) is 1. The van der Waals surface area contributed by atoms with E-state index in [0.717, 1.165) is 16.7 Å². The van der Waals surface area contributed by atoms with Crippen molar-refractivity contribution in [2.75, 3.05) is 0 Å². The summed E-state index contributed by atoms with van der Waals surface area (Å²) in [5.74, 6) is 0.530. The first kappa shape index (κ1) is 30.2. The van der Waals surface area contributed by atoms with Crippen LogP contribution in [0.2, 0.25) is 0 Å². The zero-order chi connectivity index (χ0) is 19.6. The molecule has 1 unspecified atom stereocenters. The number of rotatable bonds is 1. The smallest absolute Gasteiger partial charge is 1.00 e. The molecule has 1 N–H and O–H groups in total. The van der Waals surface area contributed by atoms with E-state index in [1.165, 1.54) is 33.4 Å². The van der Waals surface area contributed by atoms with Crippen LogP contribution in [0.1, 0.15) is 55.5 Å². The topological polar surface area (TPSA) is 23.8 Å². The van der Waals surface area contributed by atoms with E-state index in [-0.39, 0.29) is 51.0 Å². The van der Waals surface area contributed by atoms with Crippen LogP contribution in [0.15, 0.2) is 53.1 Å². The fourth-order valence-electron chi connectivity index (χ4n) is 3.76. The van der Waals surface area contributed by atoms with Gasteiger partial charge in [-0.3, -0.25) is 0 Å². The standard InChI is InChI=1S/C16H19.C9H12N.2ClH.Zr/c1-10-8-6-7-9-15(10)16-13(4)11(2)12(3)14(16)5;1-6-4-7(2)9(10)8(3)5-6;;;/h6-9,13H,1H2,2-5H3;4-5,10H,1-3H3;2*1H;/q2*-1;;;+2/p-2. The van der Waals surface area contributed by atoms with Gasteiger partial charge in [0.15, 0.2) is 0 Å². The molecule has 2 aromatic carbocycles. The number of halogens is 2. The Morgan fingerprint density at radius 3 is 1.72 bits per heavy atom. The van der Waals surface area contributed by atoms with Gasteiger partial charge in [0.2, 0.25) is 0 Å². The molecule has 0 bridgehead atoms. The third-order valence-electron chi connectivity index (χ3n) is 5.63. The van der Waals surface area contributed by atoms with Crippen molar-refractivity contribution in [2.24, 2.45) is 5.92 Å². The first-order chi connectivity index (χ1) is 12.1. The Hall–Kier alpha value is -0.947. The number of aryl methyl sites for hydroxylation is 3. The average molecular weight is 508 g/mol. The maximum atomic E-state index is 7.54. The first-order valence-corrected chi connectivity index (χ1v) is 9.24. The van der Waals surface area contributed by atoms with Crippen molar-refractivity contribution in [1.82, 2.24) is 0 Å². The molecule has 0 heterocycles. The molecule has 0 radical (unpaired) electrons. The van der Waals surface area contributed by atoms with Crippen molar-refractivity contribution in [2.45, 2.75) is 48.5 Å². The number of benzene rings is 2. The Morgan fingerprint density at radius 1 is 0.828 bits per heavy atom. The van der Waals surface area contributed by atoms with Gasteiger partial charge in [-0.2, -0.15) is 18.6 Å². The summed E-state index contributed by atoms with van der Waals surface area (Å²) in [6, 6.07) is 12.5. The summed E-state index contributed by atoms with van der Waals surface area (Å²) in [5, 5.41) is 0. The summed E-state index contributed by atoms with van der Waals surface area (Å²) < 4.78 is 0. The quantitative estimate of drug-likeness (QED) is 0.527. The molecule has 1 atom stereocenters. The maximum absolute atomic E-state index is 7.54. The van der Waals surface area contributed by atoms with Crippen LogP contribution in [0.3, 0.4) is 0 Å². The molecule has 0 saturated carbocycles. The Morgan fingerprint density at radius 2 is 1.31 bits per heavy atom. The van der Waals surface area contributed by atoms with Crippen LogP contribution in [0.25, 0.3) is 11.3 Å². The van der Waals surface area contributed by atoms with Crippen LogP contribution in [-0.4, -0.2) is 0 Å². The zero-order valence-corrected chi connectivity index (χ0v) is 22.5. The molecule has 0 aromatic heterocycles. The van der Waals surface area contributed by atoms with Gasteiger partial charge in [0.1, 0.15) is 0 Å². The molecular weight excluding hydrogens is 476 g/mol. The summed E-state index contributed by atoms with van der Waals surface area (Å²) >= 11 is 0. The van der Waals surface area contributed by atoms with Gasteiger partial charge in [-0.1, -0.05) is 58.5 Å². The van der Waals surface area contributed by atoms with Crippen LogP contribution in [-0.2, 0) is 26.2 Å². The molecule has 4 heteroatoms. The van der Waals surface area contributed by atoms with Gasteiger partial charge in [0.25, 0.3) is 0 Å². The van der Waals surface area contributed by atoms with Crippen LogP contribution >= 0.6 is 0 Å². The minimum Gasteiger partial charge on any atom is -1.00 e. The van der Waals surface area contributed by atoms with Crippen molar-refractivity contribution >= 4 is 11.3 Å². The molecule has 0 aliphatic heterocycles. The van der Waals surface area contributed by atoms with Gasteiger partial charge in [-0.15, -0.1) is 23.4 Å². The summed E-state index contributed by atoms with van der Waals surface area (Å²) in [7, 11) is 0. The second-order valence-corrected chi connectivity index (χ2v) is 7.50. The fourth-order valence-corrected chi connectivity index (χ4v) is 3.76. The van der Waals surface area contributed by atoms with Gasteiger partial charge in [0, 0.05) is 0 Å². The minimum absolute atomic E-state index is 0. The third kappa shape index (κ3) is 6.78. The molecule has 156 valence electrons. The average Bonchev–Trinajstić information content (AvgIpc) is 2.77. The maximum Gasteiger partial charge on any atom is 2.00 e. The predicted molar refractivity (Wildman–Crippen MR) is 116 cm³/mol. The summed E-state index contributed by atoms with van der Waals surface area (Å²) in [6.45, 7) is 19.1. The zero-order valence-electron chi connectivity index (χ0n) is 18.5. The molecule has 0 fully saturated rings. The Bertz CT molecular complexity index is 874. The van der Waals surface area contributed by atoms with Gasteiger partial charge in [-0.05, 0) is 53.0 Å². The summed E-state index contributed by atoms with van der Waals surface area (Å²) in [5.41, 5.74) is 19.9. The molecule has 29 heavy (non-hydrogen) atoms. The number of allylic oxidation sites excluding steroid dienone is 4. The van der Waals surface area contributed by atoms with E-state index in [4.69, 9.17) is 5.73 Å². The van der Waals surface area contributed by atoms with Gasteiger partial charge >= 0.3 is 26.2 Å². The number of hydrogen-bond donors (Lipinski definition) is 0. The molecule has 0 amide bonds. The predicted octanol–water partition coefficient (Wildman–Crippen LogP) is 1.93. The Labute approximate surface area is 209 Å². The van der Waals surface area contributed by atoms with Crippen LogP contribution in [0.4, 0.5) is 5.69 Å². The van der Waals surface area contributed by atoms with Crippen molar-refractivity contribution < 1.29 is 51.0 Å². The van der Waals surface area contributed by atoms with E-state index in [2.05, 4.69) is 65.8 Å². The molecule has 1 aliphatic carbocycles. The van der Waals surface area contributed by atoms with Gasteiger partial charge in [0.05, 0.1) is 0 Å². The molecule has 3 rings (SSSR count). The van der Waals surface area contributed by atoms with E-state index < -0.39 is 0 Å². The molecule has 2 aromatic rings. The van der Waals surface area contributed by atoms with Crippen LogP contribution < -0.4 is 24.8 Å². The Balaban J connectivity index is 0. The van der Waals surface area contributed by atoms with E-state index in [0.29, 0.717) is 11.6 Å². The SMILES string of the molecule is Cc1cc(C)c([NH-])c(C)c1.[CH2-]c1ccccc1C1=C(C)C(C)=C(C)C1C.[Cl-].[Cl-].[Zr+2]. The largest absolute Gasteiger partial charge is 2.00 e. The first-order valence-electron chi connectivity index (χ1n) is 9.24. The molecule has 0 saturated heterocycles. The van der Waals surface area contributed by atoms with Crippen LogP contribution in [0, 0.1) is 33.6 Å². The Kier molecular flexibility index (Phi) is 13.2. The molecule has 1 aliphatic rings. The summed E-state index contributed by atoms with van der Waals surface area (Å²) in [6.07, 6.45) is 0. The second kappa shape index (κ2) is 12.7. The van der Waals surface area contributed by atoms with Crippen molar-refractivity contribution in [1.29, 1.82) is 0 Å². The van der Waals surface area contributed by atoms with Crippen molar-refractivity contribution in [3.63, 3.8) is 0 Å². The van der Waals surface area contributed by atoms with Crippen LogP contribution in [0.5, 0.6) is 0 Å². The molecule has 1 nitrogen and oxygen atoms in total. The van der Waals surface area contributed by atoms with E-state index in [1.807, 2.05) is 26.0 Å². The molecular formula is C25H31Cl2NZr-2. The normalized spacial score (nSPS) is 14.9. The minimum atomic E-state index is 0. The monoisotopic (exact) mass is 505 g/mol. The second-order valence-electron chi connectivity index (χ2n) is 7.50. The number of hydrogen-bond acceptors (Lipinski definition) is 0. The van der Waals surface area contributed by atoms with E-state index in [1.54, 1.807) is 0 Å². The summed E-state index contributed by atoms with van der Waals surface area (Å²) in [4.78, 5) is 0. The van der Waals surface area contributed by atoms with Gasteiger partial charge < -0.3 is 30.5 Å². The third-order valence-corrected chi connectivity index (χ3v) is 5.63. The van der Waals surface area contributed by atoms with Crippen molar-refractivity contribution in [3.05, 3.63) is 93.6 Å². The van der Waals surface area contributed by atoms with E-state index in [9.17, 15) is 0 Å². The van der Waals surface area contributed by atoms with Crippen molar-refractivity contribution in [3.8, 4) is 0 Å². The van der Waals surface area contributed by atoms with E-state index >= 15 is 0 Å². The van der Waals surface area contributed by atoms with Gasteiger partial charge in [-0.25, -0.2) is 0 Å².